The first-order chi connectivity index (χ1) is 10.3. The molecule has 0 spiro atoms. The van der Waals surface area contributed by atoms with Crippen LogP contribution in [0.25, 0.3) is 5.69 Å². The molecule has 2 atom stereocenters. The average molecular weight is 286 g/mol. The molecule has 21 heavy (non-hydrogen) atoms. The highest BCUT2D eigenvalue weighted by Gasteiger charge is 2.24. The van der Waals surface area contributed by atoms with Crippen molar-refractivity contribution in [3.05, 3.63) is 48.3 Å². The van der Waals surface area contributed by atoms with Crippen LogP contribution < -0.4 is 5.73 Å². The van der Waals surface area contributed by atoms with Crippen molar-refractivity contribution >= 4 is 0 Å². The number of aromatic nitrogens is 2. The van der Waals surface area contributed by atoms with Gasteiger partial charge in [-0.05, 0) is 19.1 Å². The molecule has 5 heteroatoms. The van der Waals surface area contributed by atoms with E-state index in [1.807, 2.05) is 29.1 Å². The average Bonchev–Trinajstić information content (AvgIpc) is 3.05. The molecule has 1 aliphatic heterocycles. The predicted molar refractivity (Wildman–Crippen MR) is 82.3 cm³/mol. The first-order valence-corrected chi connectivity index (χ1v) is 7.43. The zero-order valence-corrected chi connectivity index (χ0v) is 12.4. The van der Waals surface area contributed by atoms with Crippen molar-refractivity contribution in [2.24, 2.45) is 5.73 Å². The normalized spacial score (nSPS) is 21.3. The van der Waals surface area contributed by atoms with Crippen LogP contribution in [0, 0.1) is 0 Å². The molecule has 112 valence electrons. The molecule has 0 radical (unpaired) electrons. The zero-order chi connectivity index (χ0) is 14.7. The summed E-state index contributed by atoms with van der Waals surface area (Å²) in [6, 6.07) is 10.5. The fourth-order valence-electron chi connectivity index (χ4n) is 2.72. The summed E-state index contributed by atoms with van der Waals surface area (Å²) in [4.78, 5) is 2.41. The van der Waals surface area contributed by atoms with Gasteiger partial charge in [0.1, 0.15) is 0 Å². The third-order valence-electron chi connectivity index (χ3n) is 4.09. The molecule has 1 aromatic carbocycles. The maximum absolute atomic E-state index is 5.72. The van der Waals surface area contributed by atoms with Gasteiger partial charge < -0.3 is 10.5 Å². The van der Waals surface area contributed by atoms with Crippen LogP contribution >= 0.6 is 0 Å². The van der Waals surface area contributed by atoms with Crippen LogP contribution in [0.1, 0.15) is 18.5 Å². The van der Waals surface area contributed by atoms with E-state index in [1.54, 1.807) is 0 Å². The predicted octanol–water partition coefficient (Wildman–Crippen LogP) is 1.59. The highest BCUT2D eigenvalue weighted by atomic mass is 16.5. The van der Waals surface area contributed by atoms with Crippen LogP contribution in [0.5, 0.6) is 0 Å². The van der Waals surface area contributed by atoms with Gasteiger partial charge in [-0.1, -0.05) is 18.2 Å². The summed E-state index contributed by atoms with van der Waals surface area (Å²) in [5.74, 6) is 0. The van der Waals surface area contributed by atoms with Crippen molar-refractivity contribution in [2.45, 2.75) is 19.1 Å². The Labute approximate surface area is 125 Å². The van der Waals surface area contributed by atoms with Gasteiger partial charge in [-0.25, -0.2) is 4.68 Å². The van der Waals surface area contributed by atoms with Gasteiger partial charge in [0.2, 0.25) is 0 Å². The van der Waals surface area contributed by atoms with Gasteiger partial charge in [-0.3, -0.25) is 4.90 Å². The molecule has 0 aliphatic carbocycles. The van der Waals surface area contributed by atoms with Gasteiger partial charge in [0.25, 0.3) is 0 Å². The first-order valence-electron chi connectivity index (χ1n) is 7.43. The molecule has 1 aliphatic rings. The summed E-state index contributed by atoms with van der Waals surface area (Å²) in [5.41, 5.74) is 8.02. The number of nitrogens with two attached hydrogens (primary N) is 1. The minimum absolute atomic E-state index is 0.144. The second kappa shape index (κ2) is 6.39. The van der Waals surface area contributed by atoms with Crippen LogP contribution in [0.4, 0.5) is 0 Å². The van der Waals surface area contributed by atoms with E-state index in [9.17, 15) is 0 Å². The van der Waals surface area contributed by atoms with Gasteiger partial charge >= 0.3 is 0 Å². The molecule has 2 N–H and O–H groups in total. The number of rotatable bonds is 4. The second-order valence-electron chi connectivity index (χ2n) is 5.45. The highest BCUT2D eigenvalue weighted by molar-refractivity contribution is 5.31. The quantitative estimate of drug-likeness (QED) is 0.927. The third kappa shape index (κ3) is 3.15. The standard InChI is InChI=1S/C16H22N4O/c1-13(19-7-8-21-16(9-17)12-19)14-10-18-20(11-14)15-5-3-2-4-6-15/h2-6,10-11,13,16H,7-9,12,17H2,1H3. The minimum atomic E-state index is 0.144. The SMILES string of the molecule is CC(c1cnn(-c2ccccc2)c1)N1CCOC(CN)C1. The Balaban J connectivity index is 1.73. The van der Waals surface area contributed by atoms with Gasteiger partial charge in [0.05, 0.1) is 24.6 Å². The summed E-state index contributed by atoms with van der Waals surface area (Å²) >= 11 is 0. The number of hydrogen-bond donors (Lipinski definition) is 1. The number of nitrogens with zero attached hydrogens (tertiary/aromatic N) is 3. The molecule has 1 fully saturated rings. The summed E-state index contributed by atoms with van der Waals surface area (Å²) in [6.07, 6.45) is 4.20. The Morgan fingerprint density at radius 2 is 2.19 bits per heavy atom. The van der Waals surface area contributed by atoms with Crippen molar-refractivity contribution in [1.29, 1.82) is 0 Å². The van der Waals surface area contributed by atoms with Crippen LogP contribution in [-0.4, -0.2) is 47.0 Å². The maximum atomic E-state index is 5.72. The van der Waals surface area contributed by atoms with Crippen LogP contribution in [0.15, 0.2) is 42.7 Å². The molecule has 2 heterocycles. The van der Waals surface area contributed by atoms with E-state index in [2.05, 4.69) is 35.3 Å². The van der Waals surface area contributed by atoms with E-state index < -0.39 is 0 Å². The molecular formula is C16H22N4O. The van der Waals surface area contributed by atoms with Crippen molar-refractivity contribution < 1.29 is 4.74 Å². The third-order valence-corrected chi connectivity index (χ3v) is 4.09. The molecule has 2 aromatic rings. The number of morpholine rings is 1. The lowest BCUT2D eigenvalue weighted by atomic mass is 10.1. The molecule has 2 unspecified atom stereocenters. The van der Waals surface area contributed by atoms with E-state index in [1.165, 1.54) is 5.56 Å². The second-order valence-corrected chi connectivity index (χ2v) is 5.45. The van der Waals surface area contributed by atoms with Gasteiger partial charge in [-0.15, -0.1) is 0 Å². The molecular weight excluding hydrogens is 264 g/mol. The molecule has 1 aromatic heterocycles. The van der Waals surface area contributed by atoms with Crippen molar-refractivity contribution in [1.82, 2.24) is 14.7 Å². The van der Waals surface area contributed by atoms with Crippen LogP contribution in [-0.2, 0) is 4.74 Å². The van der Waals surface area contributed by atoms with E-state index in [4.69, 9.17) is 10.5 Å². The Morgan fingerprint density at radius 3 is 2.95 bits per heavy atom. The Kier molecular flexibility index (Phi) is 4.34. The molecule has 0 amide bonds. The zero-order valence-electron chi connectivity index (χ0n) is 12.4. The number of ether oxygens (including phenoxy) is 1. The minimum Gasteiger partial charge on any atom is -0.374 e. The van der Waals surface area contributed by atoms with E-state index in [0.29, 0.717) is 12.6 Å². The van der Waals surface area contributed by atoms with Gasteiger partial charge in [0, 0.05) is 37.4 Å². The fourth-order valence-corrected chi connectivity index (χ4v) is 2.72. The summed E-state index contributed by atoms with van der Waals surface area (Å²) in [5, 5.41) is 4.48. The van der Waals surface area contributed by atoms with E-state index >= 15 is 0 Å². The molecule has 5 nitrogen and oxygen atoms in total. The summed E-state index contributed by atoms with van der Waals surface area (Å²) in [7, 11) is 0. The maximum Gasteiger partial charge on any atom is 0.0824 e. The number of hydrogen-bond acceptors (Lipinski definition) is 4. The Bertz CT molecular complexity index is 569. The number of benzene rings is 1. The first kappa shape index (κ1) is 14.3. The van der Waals surface area contributed by atoms with Crippen molar-refractivity contribution in [3.8, 4) is 5.69 Å². The van der Waals surface area contributed by atoms with Crippen LogP contribution in [0.2, 0.25) is 0 Å². The lowest BCUT2D eigenvalue weighted by molar-refractivity contribution is -0.0364. The monoisotopic (exact) mass is 286 g/mol. The fraction of sp³-hybridized carbons (Fsp3) is 0.438. The number of para-hydroxylation sites is 1. The van der Waals surface area contributed by atoms with Gasteiger partial charge in [0.15, 0.2) is 0 Å². The smallest absolute Gasteiger partial charge is 0.0824 e. The van der Waals surface area contributed by atoms with E-state index in [0.717, 1.165) is 25.4 Å². The molecule has 0 saturated carbocycles. The van der Waals surface area contributed by atoms with Crippen LogP contribution in [0.3, 0.4) is 0 Å². The topological polar surface area (TPSA) is 56.3 Å². The van der Waals surface area contributed by atoms with Crippen molar-refractivity contribution in [3.63, 3.8) is 0 Å². The van der Waals surface area contributed by atoms with Gasteiger partial charge in [-0.2, -0.15) is 5.10 Å². The Hall–Kier alpha value is -1.69. The summed E-state index contributed by atoms with van der Waals surface area (Å²) < 4.78 is 7.55. The highest BCUT2D eigenvalue weighted by Crippen LogP contribution is 2.22. The molecule has 1 saturated heterocycles. The molecule has 3 rings (SSSR count). The largest absolute Gasteiger partial charge is 0.374 e. The lowest BCUT2D eigenvalue weighted by Crippen LogP contribution is -2.46. The lowest BCUT2D eigenvalue weighted by Gasteiger charge is -2.36. The van der Waals surface area contributed by atoms with E-state index in [-0.39, 0.29) is 6.10 Å². The Morgan fingerprint density at radius 1 is 1.38 bits per heavy atom. The van der Waals surface area contributed by atoms with Crippen molar-refractivity contribution in [2.75, 3.05) is 26.2 Å². The summed E-state index contributed by atoms with van der Waals surface area (Å²) in [6.45, 7) is 5.36. The molecule has 0 bridgehead atoms.